The fourth-order valence-corrected chi connectivity index (χ4v) is 3.45. The van der Waals surface area contributed by atoms with Gasteiger partial charge in [0.25, 0.3) is 0 Å². The first-order valence-corrected chi connectivity index (χ1v) is 8.07. The quantitative estimate of drug-likeness (QED) is 0.744. The molecule has 24 heavy (non-hydrogen) atoms. The van der Waals surface area contributed by atoms with Gasteiger partial charge in [-0.2, -0.15) is 5.26 Å². The van der Waals surface area contributed by atoms with Crippen LogP contribution in [0.3, 0.4) is 0 Å². The van der Waals surface area contributed by atoms with Crippen LogP contribution in [-0.4, -0.2) is 4.98 Å². The second-order valence-electron chi connectivity index (χ2n) is 6.18. The maximum atomic E-state index is 9.38. The van der Waals surface area contributed by atoms with Gasteiger partial charge in [-0.05, 0) is 47.2 Å². The van der Waals surface area contributed by atoms with Crippen molar-refractivity contribution < 1.29 is 0 Å². The second kappa shape index (κ2) is 5.92. The van der Waals surface area contributed by atoms with Gasteiger partial charge >= 0.3 is 0 Å². The van der Waals surface area contributed by atoms with Gasteiger partial charge in [0.15, 0.2) is 0 Å². The number of nitrogens with zero attached hydrogens (tertiary/aromatic N) is 2. The molecule has 0 fully saturated rings. The van der Waals surface area contributed by atoms with Crippen LogP contribution in [0.1, 0.15) is 34.0 Å². The molecule has 1 unspecified atom stereocenters. The summed E-state index contributed by atoms with van der Waals surface area (Å²) in [5.41, 5.74) is 13.7. The molecule has 1 atom stereocenters. The van der Waals surface area contributed by atoms with Crippen molar-refractivity contribution in [1.82, 2.24) is 4.98 Å². The van der Waals surface area contributed by atoms with Crippen LogP contribution >= 0.6 is 0 Å². The zero-order valence-corrected chi connectivity index (χ0v) is 13.2. The van der Waals surface area contributed by atoms with Crippen LogP contribution in [0, 0.1) is 11.3 Å². The number of rotatable bonds is 1. The topological polar surface area (TPSA) is 62.7 Å². The van der Waals surface area contributed by atoms with Gasteiger partial charge in [-0.25, -0.2) is 0 Å². The highest BCUT2D eigenvalue weighted by atomic mass is 14.8. The van der Waals surface area contributed by atoms with Gasteiger partial charge in [0.05, 0.1) is 23.4 Å². The number of benzene rings is 2. The Morgan fingerprint density at radius 1 is 1.00 bits per heavy atom. The lowest BCUT2D eigenvalue weighted by molar-refractivity contribution is 0.697. The van der Waals surface area contributed by atoms with E-state index in [2.05, 4.69) is 35.3 Å². The number of fused-ring (bicyclic) bond motifs is 2. The van der Waals surface area contributed by atoms with Crippen LogP contribution in [0.15, 0.2) is 60.8 Å². The minimum Gasteiger partial charge on any atom is -0.322 e. The summed E-state index contributed by atoms with van der Waals surface area (Å²) in [7, 11) is 0. The van der Waals surface area contributed by atoms with E-state index in [4.69, 9.17) is 5.73 Å². The molecular formula is C21H17N3. The van der Waals surface area contributed by atoms with Gasteiger partial charge < -0.3 is 5.73 Å². The molecule has 2 N–H and O–H groups in total. The monoisotopic (exact) mass is 311 g/mol. The average Bonchev–Trinajstić information content (AvgIpc) is 2.77. The summed E-state index contributed by atoms with van der Waals surface area (Å²) in [6.45, 7) is 0. The van der Waals surface area contributed by atoms with Crippen LogP contribution in [-0.2, 0) is 12.8 Å². The summed E-state index contributed by atoms with van der Waals surface area (Å²) in [4.78, 5) is 4.67. The van der Waals surface area contributed by atoms with Gasteiger partial charge in [-0.1, -0.05) is 42.5 Å². The first-order chi connectivity index (χ1) is 11.8. The van der Waals surface area contributed by atoms with Crippen molar-refractivity contribution in [3.63, 3.8) is 0 Å². The molecule has 3 nitrogen and oxygen atoms in total. The van der Waals surface area contributed by atoms with E-state index in [0.29, 0.717) is 6.42 Å². The molecule has 4 rings (SSSR count). The Morgan fingerprint density at radius 2 is 1.83 bits per heavy atom. The van der Waals surface area contributed by atoms with E-state index in [-0.39, 0.29) is 6.04 Å². The van der Waals surface area contributed by atoms with Crippen molar-refractivity contribution in [2.45, 2.75) is 18.9 Å². The van der Waals surface area contributed by atoms with Gasteiger partial charge in [-0.15, -0.1) is 0 Å². The molecule has 0 radical (unpaired) electrons. The molecule has 2 aromatic carbocycles. The standard InChI is InChI=1S/C21H17N3/c22-12-16-8-4-7-15-9-17-10-18(14-5-2-1-3-6-14)13-24-21(17)20(23)11-19(15)16/h1-8,10,13,20H,9,11,23H2. The predicted molar refractivity (Wildman–Crippen MR) is 94.3 cm³/mol. The molecule has 0 saturated carbocycles. The minimum atomic E-state index is -0.180. The lowest BCUT2D eigenvalue weighted by Gasteiger charge is -2.13. The minimum absolute atomic E-state index is 0.180. The molecule has 0 saturated heterocycles. The third kappa shape index (κ3) is 2.47. The summed E-state index contributed by atoms with van der Waals surface area (Å²) < 4.78 is 0. The van der Waals surface area contributed by atoms with E-state index < -0.39 is 0 Å². The van der Waals surface area contributed by atoms with E-state index in [0.717, 1.165) is 39.9 Å². The van der Waals surface area contributed by atoms with Crippen LogP contribution < -0.4 is 5.73 Å². The Morgan fingerprint density at radius 3 is 2.62 bits per heavy atom. The summed E-state index contributed by atoms with van der Waals surface area (Å²) in [6, 6.07) is 20.4. The predicted octanol–water partition coefficient (Wildman–Crippen LogP) is 3.77. The highest BCUT2D eigenvalue weighted by Crippen LogP contribution is 2.32. The Labute approximate surface area is 141 Å². The summed E-state index contributed by atoms with van der Waals surface area (Å²) in [5, 5.41) is 9.38. The maximum absolute atomic E-state index is 9.38. The average molecular weight is 311 g/mol. The van der Waals surface area contributed by atoms with Crippen molar-refractivity contribution in [1.29, 1.82) is 5.26 Å². The lowest BCUT2D eigenvalue weighted by Crippen LogP contribution is -2.15. The molecule has 3 aromatic rings. The molecule has 1 aliphatic carbocycles. The van der Waals surface area contributed by atoms with Gasteiger partial charge in [0.2, 0.25) is 0 Å². The molecule has 0 spiro atoms. The first-order valence-electron chi connectivity index (χ1n) is 8.07. The van der Waals surface area contributed by atoms with E-state index in [1.807, 2.05) is 36.5 Å². The van der Waals surface area contributed by atoms with Crippen LogP contribution in [0.4, 0.5) is 0 Å². The fraction of sp³-hybridized carbons (Fsp3) is 0.143. The Bertz CT molecular complexity index is 939. The van der Waals surface area contributed by atoms with E-state index in [1.165, 1.54) is 5.56 Å². The zero-order chi connectivity index (χ0) is 16.5. The molecule has 0 aliphatic heterocycles. The largest absolute Gasteiger partial charge is 0.322 e. The molecule has 1 aromatic heterocycles. The summed E-state index contributed by atoms with van der Waals surface area (Å²) in [5.74, 6) is 0. The van der Waals surface area contributed by atoms with Crippen LogP contribution in [0.2, 0.25) is 0 Å². The number of aromatic nitrogens is 1. The first kappa shape index (κ1) is 14.6. The number of nitriles is 1. The van der Waals surface area contributed by atoms with E-state index in [9.17, 15) is 5.26 Å². The van der Waals surface area contributed by atoms with E-state index in [1.54, 1.807) is 0 Å². The molecule has 0 amide bonds. The van der Waals surface area contributed by atoms with E-state index >= 15 is 0 Å². The van der Waals surface area contributed by atoms with Crippen molar-refractivity contribution in [3.05, 3.63) is 88.7 Å². The number of hydrogen-bond acceptors (Lipinski definition) is 3. The summed E-state index contributed by atoms with van der Waals surface area (Å²) >= 11 is 0. The molecule has 0 bridgehead atoms. The Hall–Kier alpha value is -2.96. The number of nitrogens with two attached hydrogens (primary N) is 1. The highest BCUT2D eigenvalue weighted by molar-refractivity contribution is 5.64. The SMILES string of the molecule is N#Cc1cccc2c1CC(N)c1ncc(-c3ccccc3)cc1C2. The third-order valence-electron chi connectivity index (χ3n) is 4.66. The molecule has 1 heterocycles. The highest BCUT2D eigenvalue weighted by Gasteiger charge is 2.22. The Kier molecular flexibility index (Phi) is 3.60. The normalized spacial score (nSPS) is 15.8. The fourth-order valence-electron chi connectivity index (χ4n) is 3.45. The summed E-state index contributed by atoms with van der Waals surface area (Å²) in [6.07, 6.45) is 3.32. The smallest absolute Gasteiger partial charge is 0.0994 e. The molecule has 116 valence electrons. The van der Waals surface area contributed by atoms with Gasteiger partial charge in [-0.3, -0.25) is 4.98 Å². The lowest BCUT2D eigenvalue weighted by atomic mass is 9.96. The number of pyridine rings is 1. The van der Waals surface area contributed by atoms with Crippen LogP contribution in [0.25, 0.3) is 11.1 Å². The van der Waals surface area contributed by atoms with Crippen molar-refractivity contribution in [2.75, 3.05) is 0 Å². The second-order valence-corrected chi connectivity index (χ2v) is 6.18. The zero-order valence-electron chi connectivity index (χ0n) is 13.2. The molecule has 3 heteroatoms. The van der Waals surface area contributed by atoms with Crippen molar-refractivity contribution >= 4 is 0 Å². The van der Waals surface area contributed by atoms with Crippen molar-refractivity contribution in [3.8, 4) is 17.2 Å². The van der Waals surface area contributed by atoms with Crippen LogP contribution in [0.5, 0.6) is 0 Å². The number of hydrogen-bond donors (Lipinski definition) is 1. The Balaban J connectivity index is 1.83. The van der Waals surface area contributed by atoms with Gasteiger partial charge in [0, 0.05) is 11.8 Å². The van der Waals surface area contributed by atoms with Crippen molar-refractivity contribution in [2.24, 2.45) is 5.73 Å². The van der Waals surface area contributed by atoms with Gasteiger partial charge in [0.1, 0.15) is 0 Å². The third-order valence-corrected chi connectivity index (χ3v) is 4.66. The maximum Gasteiger partial charge on any atom is 0.0994 e. The molecule has 1 aliphatic rings. The molecular weight excluding hydrogens is 294 g/mol.